The molecular formula is C10H16N2. The Labute approximate surface area is 75.1 Å². The Kier molecular flexibility index (Phi) is 10.8. The van der Waals surface area contributed by atoms with Gasteiger partial charge in [0.05, 0.1) is 0 Å². The molecule has 0 unspecified atom stereocenters. The number of allylic oxidation sites excluding steroid dienone is 2. The molecule has 0 fully saturated rings. The summed E-state index contributed by atoms with van der Waals surface area (Å²) in [4.78, 5) is 0. The molecule has 0 saturated carbocycles. The molecule has 0 saturated heterocycles. The SMILES string of the molecule is CC(C)C=C(C#N)C#N.CCC. The Morgan fingerprint density at radius 1 is 1.25 bits per heavy atom. The lowest BCUT2D eigenvalue weighted by molar-refractivity contribution is 0.828. The first kappa shape index (κ1) is 13.3. The fourth-order valence-electron chi connectivity index (χ4n) is 0.433. The summed E-state index contributed by atoms with van der Waals surface area (Å²) in [6.45, 7) is 8.10. The maximum atomic E-state index is 8.23. The van der Waals surface area contributed by atoms with E-state index in [0.717, 1.165) is 0 Å². The van der Waals surface area contributed by atoms with Gasteiger partial charge in [0.25, 0.3) is 0 Å². The summed E-state index contributed by atoms with van der Waals surface area (Å²) >= 11 is 0. The summed E-state index contributed by atoms with van der Waals surface area (Å²) in [6, 6.07) is 3.57. The molecular weight excluding hydrogens is 148 g/mol. The molecule has 12 heavy (non-hydrogen) atoms. The van der Waals surface area contributed by atoms with Crippen LogP contribution >= 0.6 is 0 Å². The molecule has 0 aromatic rings. The second-order valence-corrected chi connectivity index (χ2v) is 2.76. The van der Waals surface area contributed by atoms with Gasteiger partial charge in [-0.3, -0.25) is 0 Å². The van der Waals surface area contributed by atoms with Crippen LogP contribution in [0.5, 0.6) is 0 Å². The van der Waals surface area contributed by atoms with E-state index in [1.807, 2.05) is 13.8 Å². The minimum atomic E-state index is 0.199. The number of nitrogens with zero attached hydrogens (tertiary/aromatic N) is 2. The van der Waals surface area contributed by atoms with Gasteiger partial charge >= 0.3 is 0 Å². The number of hydrogen-bond donors (Lipinski definition) is 0. The van der Waals surface area contributed by atoms with Gasteiger partial charge in [-0.15, -0.1) is 0 Å². The van der Waals surface area contributed by atoms with Gasteiger partial charge in [0.2, 0.25) is 0 Å². The molecule has 0 aliphatic carbocycles. The zero-order valence-corrected chi connectivity index (χ0v) is 8.26. The molecule has 0 aliphatic rings. The van der Waals surface area contributed by atoms with Gasteiger partial charge in [-0.25, -0.2) is 0 Å². The highest BCUT2D eigenvalue weighted by Gasteiger charge is 1.92. The minimum absolute atomic E-state index is 0.199. The highest BCUT2D eigenvalue weighted by Crippen LogP contribution is 1.98. The van der Waals surface area contributed by atoms with Gasteiger partial charge in [-0.2, -0.15) is 10.5 Å². The quantitative estimate of drug-likeness (QED) is 0.559. The summed E-state index contributed by atoms with van der Waals surface area (Å²) in [7, 11) is 0. The average Bonchev–Trinajstić information content (AvgIpc) is 2.01. The van der Waals surface area contributed by atoms with Crippen molar-refractivity contribution < 1.29 is 0 Å². The number of hydrogen-bond acceptors (Lipinski definition) is 2. The maximum Gasteiger partial charge on any atom is 0.125 e. The molecule has 0 atom stereocenters. The Bertz CT molecular complexity index is 185. The third-order valence-electron chi connectivity index (χ3n) is 0.741. The minimum Gasteiger partial charge on any atom is -0.192 e. The van der Waals surface area contributed by atoms with Gasteiger partial charge in [0.15, 0.2) is 0 Å². The monoisotopic (exact) mass is 164 g/mol. The van der Waals surface area contributed by atoms with Crippen LogP contribution < -0.4 is 0 Å². The molecule has 2 heteroatoms. The molecule has 0 rings (SSSR count). The predicted octanol–water partition coefficient (Wildman–Crippen LogP) is 3.03. The Balaban J connectivity index is 0. The molecule has 0 bridgehead atoms. The van der Waals surface area contributed by atoms with Crippen LogP contribution in [0.4, 0.5) is 0 Å². The van der Waals surface area contributed by atoms with Gasteiger partial charge < -0.3 is 0 Å². The van der Waals surface area contributed by atoms with E-state index < -0.39 is 0 Å². The Hall–Kier alpha value is -1.28. The first-order valence-corrected chi connectivity index (χ1v) is 4.14. The molecule has 0 aromatic carbocycles. The lowest BCUT2D eigenvalue weighted by Crippen LogP contribution is -1.81. The van der Waals surface area contributed by atoms with Crippen LogP contribution in [-0.2, 0) is 0 Å². The van der Waals surface area contributed by atoms with E-state index in [-0.39, 0.29) is 11.5 Å². The summed E-state index contributed by atoms with van der Waals surface area (Å²) in [5, 5.41) is 16.5. The molecule has 0 heterocycles. The first-order valence-electron chi connectivity index (χ1n) is 4.14. The van der Waals surface area contributed by atoms with Crippen LogP contribution in [0, 0.1) is 28.6 Å². The summed E-state index contributed by atoms with van der Waals surface area (Å²) in [5.41, 5.74) is 0.199. The van der Waals surface area contributed by atoms with Gasteiger partial charge in [0.1, 0.15) is 17.7 Å². The van der Waals surface area contributed by atoms with Crippen LogP contribution in [-0.4, -0.2) is 0 Å². The highest BCUT2D eigenvalue weighted by molar-refractivity contribution is 5.35. The molecule has 66 valence electrons. The van der Waals surface area contributed by atoms with E-state index in [1.54, 1.807) is 18.2 Å². The van der Waals surface area contributed by atoms with Crippen LogP contribution in [0.3, 0.4) is 0 Å². The number of rotatable bonds is 1. The zero-order chi connectivity index (χ0) is 9.98. The van der Waals surface area contributed by atoms with Crippen molar-refractivity contribution in [2.45, 2.75) is 34.1 Å². The molecule has 0 aromatic heterocycles. The van der Waals surface area contributed by atoms with Gasteiger partial charge in [-0.1, -0.05) is 40.2 Å². The van der Waals surface area contributed by atoms with Crippen LogP contribution in [0.2, 0.25) is 0 Å². The molecule has 0 spiro atoms. The van der Waals surface area contributed by atoms with Crippen LogP contribution in [0.1, 0.15) is 34.1 Å². The molecule has 0 amide bonds. The summed E-state index contributed by atoms with van der Waals surface area (Å²) in [6.07, 6.45) is 2.89. The lowest BCUT2D eigenvalue weighted by Gasteiger charge is -1.89. The third-order valence-corrected chi connectivity index (χ3v) is 0.741. The Morgan fingerprint density at radius 2 is 1.58 bits per heavy atom. The molecule has 2 nitrogen and oxygen atoms in total. The standard InChI is InChI=1S/C7H8N2.C3H8/c1-6(2)3-7(4-8)5-9;1-3-2/h3,6H,1-2H3;3H2,1-2H3. The molecule has 0 N–H and O–H groups in total. The molecule has 0 radical (unpaired) electrons. The largest absolute Gasteiger partial charge is 0.192 e. The third kappa shape index (κ3) is 11.5. The van der Waals surface area contributed by atoms with E-state index >= 15 is 0 Å². The second kappa shape index (κ2) is 9.72. The predicted molar refractivity (Wildman–Crippen MR) is 50.1 cm³/mol. The van der Waals surface area contributed by atoms with Crippen LogP contribution in [0.25, 0.3) is 0 Å². The zero-order valence-electron chi connectivity index (χ0n) is 8.26. The van der Waals surface area contributed by atoms with E-state index in [0.29, 0.717) is 0 Å². The van der Waals surface area contributed by atoms with Crippen molar-refractivity contribution in [2.75, 3.05) is 0 Å². The van der Waals surface area contributed by atoms with Crippen molar-refractivity contribution in [3.05, 3.63) is 11.6 Å². The smallest absolute Gasteiger partial charge is 0.125 e. The van der Waals surface area contributed by atoms with E-state index in [4.69, 9.17) is 10.5 Å². The fraction of sp³-hybridized carbons (Fsp3) is 0.600. The average molecular weight is 164 g/mol. The van der Waals surface area contributed by atoms with Crippen molar-refractivity contribution in [1.82, 2.24) is 0 Å². The van der Waals surface area contributed by atoms with E-state index in [2.05, 4.69) is 13.8 Å². The Morgan fingerprint density at radius 3 is 1.67 bits per heavy atom. The van der Waals surface area contributed by atoms with E-state index in [9.17, 15) is 0 Å². The van der Waals surface area contributed by atoms with E-state index in [1.165, 1.54) is 6.42 Å². The summed E-state index contributed by atoms with van der Waals surface area (Å²) < 4.78 is 0. The van der Waals surface area contributed by atoms with Crippen molar-refractivity contribution >= 4 is 0 Å². The van der Waals surface area contributed by atoms with Gasteiger partial charge in [0, 0.05) is 0 Å². The van der Waals surface area contributed by atoms with Gasteiger partial charge in [-0.05, 0) is 5.92 Å². The maximum absolute atomic E-state index is 8.23. The fourth-order valence-corrected chi connectivity index (χ4v) is 0.433. The second-order valence-electron chi connectivity index (χ2n) is 2.76. The number of nitriles is 2. The highest BCUT2D eigenvalue weighted by atomic mass is 14.3. The topological polar surface area (TPSA) is 47.6 Å². The van der Waals surface area contributed by atoms with Crippen molar-refractivity contribution in [3.63, 3.8) is 0 Å². The lowest BCUT2D eigenvalue weighted by atomic mass is 10.1. The first-order chi connectivity index (χ1) is 5.62. The van der Waals surface area contributed by atoms with Crippen molar-refractivity contribution in [1.29, 1.82) is 10.5 Å². The summed E-state index contributed by atoms with van der Waals surface area (Å²) in [5.74, 6) is 0.277. The van der Waals surface area contributed by atoms with Crippen molar-refractivity contribution in [3.8, 4) is 12.1 Å². The molecule has 0 aliphatic heterocycles. The normalized spacial score (nSPS) is 7.25. The van der Waals surface area contributed by atoms with Crippen LogP contribution in [0.15, 0.2) is 11.6 Å². The van der Waals surface area contributed by atoms with Crippen molar-refractivity contribution in [2.24, 2.45) is 5.92 Å².